The van der Waals surface area contributed by atoms with Crippen LogP contribution < -0.4 is 0 Å². The Hall–Kier alpha value is -1.40. The Balaban J connectivity index is 1.89. The molecule has 2 amide bonds. The molecule has 1 heterocycles. The number of rotatable bonds is 1. The maximum atomic E-state index is 13.3. The van der Waals surface area contributed by atoms with E-state index in [1.54, 1.807) is 9.80 Å². The van der Waals surface area contributed by atoms with Crippen LogP contribution >= 0.6 is 0 Å². The summed E-state index contributed by atoms with van der Waals surface area (Å²) in [6.45, 7) is 8.56. The first-order valence-electron chi connectivity index (χ1n) is 8.65. The molecule has 1 saturated heterocycles. The van der Waals surface area contributed by atoms with Crippen molar-refractivity contribution < 1.29 is 23.1 Å². The summed E-state index contributed by atoms with van der Waals surface area (Å²) >= 11 is 0. The number of alkyl halides is 2. The van der Waals surface area contributed by atoms with Gasteiger partial charge in [0, 0.05) is 44.4 Å². The molecule has 0 spiro atoms. The van der Waals surface area contributed by atoms with Gasteiger partial charge in [0.15, 0.2) is 0 Å². The van der Waals surface area contributed by atoms with Gasteiger partial charge in [0.2, 0.25) is 11.8 Å². The van der Waals surface area contributed by atoms with Crippen molar-refractivity contribution in [2.24, 2.45) is 5.92 Å². The predicted molar refractivity (Wildman–Crippen MR) is 85.9 cm³/mol. The fraction of sp³-hybridized carbons (Fsp3) is 0.882. The van der Waals surface area contributed by atoms with Crippen LogP contribution in [0.2, 0.25) is 0 Å². The fourth-order valence-electron chi connectivity index (χ4n) is 3.30. The second-order valence-corrected chi connectivity index (χ2v) is 7.94. The lowest BCUT2D eigenvalue weighted by Gasteiger charge is -2.42. The minimum Gasteiger partial charge on any atom is -0.444 e. The van der Waals surface area contributed by atoms with Gasteiger partial charge in [-0.2, -0.15) is 0 Å². The van der Waals surface area contributed by atoms with Crippen molar-refractivity contribution in [3.8, 4) is 0 Å². The van der Waals surface area contributed by atoms with Crippen molar-refractivity contribution in [3.05, 3.63) is 0 Å². The number of ether oxygens (including phenoxy) is 1. The number of piperazine rings is 1. The Labute approximate surface area is 142 Å². The number of hydrogen-bond acceptors (Lipinski definition) is 3. The topological polar surface area (TPSA) is 49.9 Å². The third kappa shape index (κ3) is 4.80. The molecule has 0 radical (unpaired) electrons. The van der Waals surface area contributed by atoms with E-state index >= 15 is 0 Å². The highest BCUT2D eigenvalue weighted by atomic mass is 19.3. The predicted octanol–water partition coefficient (Wildman–Crippen LogP) is 3.28. The molecule has 0 aromatic rings. The summed E-state index contributed by atoms with van der Waals surface area (Å²) in [5.41, 5.74) is -0.555. The molecule has 1 atom stereocenters. The molecule has 2 aliphatic rings. The molecule has 1 aliphatic carbocycles. The average Bonchev–Trinajstić information content (AvgIpc) is 2.44. The zero-order chi connectivity index (χ0) is 18.1. The maximum Gasteiger partial charge on any atom is 0.410 e. The molecule has 0 N–H and O–H groups in total. The second kappa shape index (κ2) is 6.84. The average molecular weight is 346 g/mol. The highest BCUT2D eigenvalue weighted by Crippen LogP contribution is 2.37. The molecule has 2 rings (SSSR count). The number of amides is 2. The molecule has 0 aromatic heterocycles. The zero-order valence-corrected chi connectivity index (χ0v) is 15.0. The monoisotopic (exact) mass is 346 g/mol. The van der Waals surface area contributed by atoms with E-state index in [4.69, 9.17) is 4.74 Å². The quantitative estimate of drug-likeness (QED) is 0.732. The Morgan fingerprint density at radius 1 is 1.12 bits per heavy atom. The van der Waals surface area contributed by atoms with E-state index in [2.05, 4.69) is 0 Å². The number of hydrogen-bond donors (Lipinski definition) is 0. The van der Waals surface area contributed by atoms with Crippen molar-refractivity contribution in [2.45, 2.75) is 70.9 Å². The van der Waals surface area contributed by atoms with Crippen LogP contribution in [0, 0.1) is 5.92 Å². The smallest absolute Gasteiger partial charge is 0.410 e. The van der Waals surface area contributed by atoms with Gasteiger partial charge in [-0.15, -0.1) is 0 Å². The lowest BCUT2D eigenvalue weighted by atomic mass is 9.85. The van der Waals surface area contributed by atoms with Gasteiger partial charge in [0.25, 0.3) is 0 Å². The highest BCUT2D eigenvalue weighted by molar-refractivity contribution is 5.79. The Bertz CT molecular complexity index is 481. The molecule has 138 valence electrons. The standard InChI is InChI=1S/C17H28F2N2O3/c1-12-11-20(15(23)24-16(2,3)4)9-10-21(12)14(22)13-5-7-17(18,19)8-6-13/h12-13H,5-11H2,1-4H3/t12-/m1/s1. The first-order chi connectivity index (χ1) is 11.0. The normalized spacial score (nSPS) is 25.5. The number of carbonyl (C=O) groups excluding carboxylic acids is 2. The van der Waals surface area contributed by atoms with Gasteiger partial charge in [-0.25, -0.2) is 13.6 Å². The summed E-state index contributed by atoms with van der Waals surface area (Å²) in [6, 6.07) is -0.138. The number of carbonyl (C=O) groups is 2. The van der Waals surface area contributed by atoms with Crippen LogP contribution in [0.3, 0.4) is 0 Å². The summed E-state index contributed by atoms with van der Waals surface area (Å²) < 4.78 is 31.9. The zero-order valence-electron chi connectivity index (χ0n) is 15.0. The SMILES string of the molecule is C[C@@H]1CN(C(=O)OC(C)(C)C)CCN1C(=O)C1CCC(F)(F)CC1. The van der Waals surface area contributed by atoms with Crippen LogP contribution in [0.15, 0.2) is 0 Å². The lowest BCUT2D eigenvalue weighted by molar-refractivity contribution is -0.144. The van der Waals surface area contributed by atoms with Crippen molar-refractivity contribution >= 4 is 12.0 Å². The van der Waals surface area contributed by atoms with Crippen LogP contribution in [0.5, 0.6) is 0 Å². The Morgan fingerprint density at radius 2 is 1.71 bits per heavy atom. The van der Waals surface area contributed by atoms with Gasteiger partial charge >= 0.3 is 6.09 Å². The molecule has 5 nitrogen and oxygen atoms in total. The second-order valence-electron chi connectivity index (χ2n) is 7.94. The summed E-state index contributed by atoms with van der Waals surface area (Å²) in [5, 5.41) is 0. The van der Waals surface area contributed by atoms with E-state index < -0.39 is 11.5 Å². The van der Waals surface area contributed by atoms with Crippen LogP contribution in [-0.2, 0) is 9.53 Å². The van der Waals surface area contributed by atoms with Gasteiger partial charge in [0.05, 0.1) is 0 Å². The summed E-state index contributed by atoms with van der Waals surface area (Å²) in [4.78, 5) is 28.1. The van der Waals surface area contributed by atoms with Crippen LogP contribution in [-0.4, -0.2) is 59.0 Å². The molecule has 0 aromatic carbocycles. The maximum absolute atomic E-state index is 13.3. The van der Waals surface area contributed by atoms with Crippen LogP contribution in [0.4, 0.5) is 13.6 Å². The first kappa shape index (κ1) is 18.9. The lowest BCUT2D eigenvalue weighted by Crippen LogP contribution is -2.57. The third-order valence-corrected chi connectivity index (χ3v) is 4.63. The molecular weight excluding hydrogens is 318 g/mol. The van der Waals surface area contributed by atoms with Gasteiger partial charge in [0.1, 0.15) is 5.60 Å². The van der Waals surface area contributed by atoms with Gasteiger partial charge < -0.3 is 14.5 Å². The van der Waals surface area contributed by atoms with Crippen molar-refractivity contribution in [3.63, 3.8) is 0 Å². The van der Waals surface area contributed by atoms with Crippen LogP contribution in [0.1, 0.15) is 53.4 Å². The summed E-state index contributed by atoms with van der Waals surface area (Å²) in [6.07, 6.45) is -0.320. The molecular formula is C17H28F2N2O3. The first-order valence-corrected chi connectivity index (χ1v) is 8.65. The molecule has 0 unspecified atom stereocenters. The van der Waals surface area contributed by atoms with E-state index in [-0.39, 0.29) is 49.6 Å². The Kier molecular flexibility index (Phi) is 5.40. The molecule has 1 saturated carbocycles. The van der Waals surface area contributed by atoms with E-state index in [9.17, 15) is 18.4 Å². The minimum absolute atomic E-state index is 0.0539. The van der Waals surface area contributed by atoms with Crippen molar-refractivity contribution in [1.82, 2.24) is 9.80 Å². The van der Waals surface area contributed by atoms with Gasteiger partial charge in [-0.1, -0.05) is 0 Å². The van der Waals surface area contributed by atoms with Crippen molar-refractivity contribution in [1.29, 1.82) is 0 Å². The molecule has 0 bridgehead atoms. The summed E-state index contributed by atoms with van der Waals surface area (Å²) in [5.74, 6) is -3.00. The molecule has 7 heteroatoms. The van der Waals surface area contributed by atoms with E-state index in [1.165, 1.54) is 0 Å². The highest BCUT2D eigenvalue weighted by Gasteiger charge is 2.40. The molecule has 1 aliphatic heterocycles. The number of nitrogens with zero attached hydrogens (tertiary/aromatic N) is 2. The summed E-state index contributed by atoms with van der Waals surface area (Å²) in [7, 11) is 0. The van der Waals surface area contributed by atoms with Crippen molar-refractivity contribution in [2.75, 3.05) is 19.6 Å². The minimum atomic E-state index is -2.63. The van der Waals surface area contributed by atoms with E-state index in [0.717, 1.165) is 0 Å². The fourth-order valence-corrected chi connectivity index (χ4v) is 3.30. The van der Waals surface area contributed by atoms with E-state index in [0.29, 0.717) is 19.6 Å². The third-order valence-electron chi connectivity index (χ3n) is 4.63. The van der Waals surface area contributed by atoms with Gasteiger partial charge in [-0.05, 0) is 40.5 Å². The Morgan fingerprint density at radius 3 is 2.21 bits per heavy atom. The largest absolute Gasteiger partial charge is 0.444 e. The molecule has 24 heavy (non-hydrogen) atoms. The van der Waals surface area contributed by atoms with E-state index in [1.807, 2.05) is 27.7 Å². The number of halogens is 2. The van der Waals surface area contributed by atoms with Gasteiger partial charge in [-0.3, -0.25) is 4.79 Å². The van der Waals surface area contributed by atoms with Crippen LogP contribution in [0.25, 0.3) is 0 Å². The molecule has 2 fully saturated rings.